The zero-order chi connectivity index (χ0) is 19.9. The van der Waals surface area contributed by atoms with Gasteiger partial charge in [-0.3, -0.25) is 9.79 Å². The Morgan fingerprint density at radius 3 is 2.79 bits per heavy atom. The Labute approximate surface area is 197 Å². The van der Waals surface area contributed by atoms with E-state index in [1.54, 1.807) is 7.05 Å². The summed E-state index contributed by atoms with van der Waals surface area (Å²) in [6.07, 6.45) is 1.31. The molecule has 1 atom stereocenters. The van der Waals surface area contributed by atoms with Crippen LogP contribution in [-0.2, 0) is 11.2 Å². The second kappa shape index (κ2) is 11.4. The normalized spacial score (nSPS) is 15.0. The lowest BCUT2D eigenvalue weighted by molar-refractivity contribution is -0.116. The van der Waals surface area contributed by atoms with Crippen LogP contribution in [0.15, 0.2) is 51.9 Å². The third-order valence-electron chi connectivity index (χ3n) is 4.55. The van der Waals surface area contributed by atoms with Gasteiger partial charge in [0.15, 0.2) is 5.96 Å². The first kappa shape index (κ1) is 23.5. The van der Waals surface area contributed by atoms with Crippen molar-refractivity contribution in [2.24, 2.45) is 4.99 Å². The predicted molar refractivity (Wildman–Crippen MR) is 131 cm³/mol. The lowest BCUT2D eigenvalue weighted by Crippen LogP contribution is -2.43. The standard InChI is InChI=1S/C21H25BrN4O2.HI/c1-14-7-8-16(22)12-18(14)26-20(27)9-10-24-21(23-2)25-13-17-11-15-5-3-4-6-19(15)28-17;/h3-8,12,17H,9-11,13H2,1-2H3,(H,26,27)(H2,23,24,25);1H. The van der Waals surface area contributed by atoms with Gasteiger partial charge in [-0.25, -0.2) is 0 Å². The SMILES string of the molecule is CN=C(NCCC(=O)Nc1cc(Br)ccc1C)NCC1Cc2ccccc2O1.I. The van der Waals surface area contributed by atoms with Gasteiger partial charge in [0.2, 0.25) is 5.91 Å². The minimum atomic E-state index is -0.0428. The Morgan fingerprint density at radius 1 is 1.24 bits per heavy atom. The maximum Gasteiger partial charge on any atom is 0.226 e. The second-order valence-electron chi connectivity index (χ2n) is 6.69. The number of para-hydroxylation sites is 1. The molecule has 2 aromatic carbocycles. The average Bonchev–Trinajstić information content (AvgIpc) is 3.10. The molecule has 156 valence electrons. The molecule has 0 saturated heterocycles. The van der Waals surface area contributed by atoms with Gasteiger partial charge in [-0.2, -0.15) is 0 Å². The Balaban J connectivity index is 0.00000300. The minimum absolute atomic E-state index is 0. The topological polar surface area (TPSA) is 74.8 Å². The highest BCUT2D eigenvalue weighted by atomic mass is 127. The molecular weight excluding hydrogens is 547 g/mol. The molecule has 6 nitrogen and oxygen atoms in total. The molecule has 0 fully saturated rings. The molecule has 3 N–H and O–H groups in total. The zero-order valence-corrected chi connectivity index (χ0v) is 20.4. The number of carbonyl (C=O) groups is 1. The van der Waals surface area contributed by atoms with Crippen molar-refractivity contribution in [3.8, 4) is 5.75 Å². The molecular formula is C21H26BrIN4O2. The third-order valence-corrected chi connectivity index (χ3v) is 5.05. The summed E-state index contributed by atoms with van der Waals surface area (Å²) in [4.78, 5) is 16.4. The summed E-state index contributed by atoms with van der Waals surface area (Å²) in [5, 5.41) is 9.37. The Morgan fingerprint density at radius 2 is 2.03 bits per heavy atom. The van der Waals surface area contributed by atoms with Crippen LogP contribution in [-0.4, -0.2) is 38.1 Å². The highest BCUT2D eigenvalue weighted by Gasteiger charge is 2.22. The van der Waals surface area contributed by atoms with Gasteiger partial charge in [0, 0.05) is 36.6 Å². The Hall–Kier alpha value is -1.81. The zero-order valence-electron chi connectivity index (χ0n) is 16.5. The van der Waals surface area contributed by atoms with E-state index in [1.165, 1.54) is 5.56 Å². The minimum Gasteiger partial charge on any atom is -0.488 e. The van der Waals surface area contributed by atoms with Crippen LogP contribution >= 0.6 is 39.9 Å². The number of amides is 1. The number of aliphatic imine (C=N–C) groups is 1. The number of carbonyl (C=O) groups excluding carboxylic acids is 1. The third kappa shape index (κ3) is 6.88. The maximum atomic E-state index is 12.2. The maximum absolute atomic E-state index is 12.2. The van der Waals surface area contributed by atoms with E-state index in [-0.39, 0.29) is 36.0 Å². The van der Waals surface area contributed by atoms with E-state index in [0.29, 0.717) is 25.5 Å². The fourth-order valence-electron chi connectivity index (χ4n) is 3.03. The number of anilines is 1. The summed E-state index contributed by atoms with van der Waals surface area (Å²) in [5.41, 5.74) is 3.08. The van der Waals surface area contributed by atoms with Gasteiger partial charge in [0.05, 0.1) is 6.54 Å². The van der Waals surface area contributed by atoms with Crippen LogP contribution in [0.2, 0.25) is 0 Å². The molecule has 0 spiro atoms. The number of guanidine groups is 1. The fraction of sp³-hybridized carbons (Fsp3) is 0.333. The first-order valence-corrected chi connectivity index (χ1v) is 10.1. The van der Waals surface area contributed by atoms with Crippen LogP contribution in [0.3, 0.4) is 0 Å². The number of nitrogens with zero attached hydrogens (tertiary/aromatic N) is 1. The molecule has 2 aromatic rings. The average molecular weight is 573 g/mol. The quantitative estimate of drug-likeness (QED) is 0.279. The highest BCUT2D eigenvalue weighted by molar-refractivity contribution is 14.0. The summed E-state index contributed by atoms with van der Waals surface area (Å²) in [6, 6.07) is 13.9. The summed E-state index contributed by atoms with van der Waals surface area (Å²) in [7, 11) is 1.71. The molecule has 1 aliphatic rings. The van der Waals surface area contributed by atoms with Gasteiger partial charge >= 0.3 is 0 Å². The van der Waals surface area contributed by atoms with Crippen molar-refractivity contribution in [3.63, 3.8) is 0 Å². The molecule has 0 radical (unpaired) electrons. The first-order valence-electron chi connectivity index (χ1n) is 9.30. The van der Waals surface area contributed by atoms with Crippen molar-refractivity contribution in [3.05, 3.63) is 58.1 Å². The molecule has 1 aliphatic heterocycles. The van der Waals surface area contributed by atoms with E-state index < -0.39 is 0 Å². The number of ether oxygens (including phenoxy) is 1. The van der Waals surface area contributed by atoms with E-state index in [9.17, 15) is 4.79 Å². The smallest absolute Gasteiger partial charge is 0.226 e. The Kier molecular flexibility index (Phi) is 9.22. The van der Waals surface area contributed by atoms with Gasteiger partial charge in [-0.15, -0.1) is 24.0 Å². The monoisotopic (exact) mass is 572 g/mol. The van der Waals surface area contributed by atoms with Crippen molar-refractivity contribution < 1.29 is 9.53 Å². The fourth-order valence-corrected chi connectivity index (χ4v) is 3.40. The molecule has 0 bridgehead atoms. The number of aryl methyl sites for hydroxylation is 1. The lowest BCUT2D eigenvalue weighted by atomic mass is 10.1. The summed E-state index contributed by atoms with van der Waals surface area (Å²) in [6.45, 7) is 3.11. The molecule has 0 aromatic heterocycles. The molecule has 1 unspecified atom stereocenters. The summed E-state index contributed by atoms with van der Waals surface area (Å²) >= 11 is 3.42. The number of benzene rings is 2. The summed E-state index contributed by atoms with van der Waals surface area (Å²) in [5.74, 6) is 1.57. The van der Waals surface area contributed by atoms with Crippen molar-refractivity contribution in [1.82, 2.24) is 10.6 Å². The van der Waals surface area contributed by atoms with Gasteiger partial charge in [-0.1, -0.05) is 40.2 Å². The van der Waals surface area contributed by atoms with Crippen LogP contribution in [0.25, 0.3) is 0 Å². The second-order valence-corrected chi connectivity index (χ2v) is 7.60. The summed E-state index contributed by atoms with van der Waals surface area (Å²) < 4.78 is 6.86. The van der Waals surface area contributed by atoms with E-state index in [2.05, 4.69) is 42.9 Å². The van der Waals surface area contributed by atoms with Crippen molar-refractivity contribution >= 4 is 57.5 Å². The Bertz CT molecular complexity index is 851. The molecule has 3 rings (SSSR count). The number of hydrogen-bond acceptors (Lipinski definition) is 3. The predicted octanol–water partition coefficient (Wildman–Crippen LogP) is 3.87. The molecule has 8 heteroatoms. The van der Waals surface area contributed by atoms with Gasteiger partial charge in [-0.05, 0) is 36.2 Å². The van der Waals surface area contributed by atoms with E-state index in [0.717, 1.165) is 27.9 Å². The first-order chi connectivity index (χ1) is 13.5. The number of halogens is 2. The lowest BCUT2D eigenvalue weighted by Gasteiger charge is -2.15. The van der Waals surface area contributed by atoms with Gasteiger partial charge in [0.25, 0.3) is 0 Å². The van der Waals surface area contributed by atoms with Gasteiger partial charge in [0.1, 0.15) is 11.9 Å². The van der Waals surface area contributed by atoms with Crippen molar-refractivity contribution in [2.45, 2.75) is 25.9 Å². The van der Waals surface area contributed by atoms with Crippen LogP contribution in [0.1, 0.15) is 17.5 Å². The molecule has 0 saturated carbocycles. The molecule has 0 aliphatic carbocycles. The molecule has 1 amide bonds. The van der Waals surface area contributed by atoms with Gasteiger partial charge < -0.3 is 20.7 Å². The van der Waals surface area contributed by atoms with Crippen molar-refractivity contribution in [2.75, 3.05) is 25.5 Å². The number of hydrogen-bond donors (Lipinski definition) is 3. The number of fused-ring (bicyclic) bond motifs is 1. The van der Waals surface area contributed by atoms with Crippen LogP contribution in [0.4, 0.5) is 5.69 Å². The van der Waals surface area contributed by atoms with E-state index in [1.807, 2.05) is 43.3 Å². The van der Waals surface area contributed by atoms with E-state index in [4.69, 9.17) is 4.74 Å². The van der Waals surface area contributed by atoms with Crippen LogP contribution in [0, 0.1) is 6.92 Å². The molecule has 29 heavy (non-hydrogen) atoms. The highest BCUT2D eigenvalue weighted by Crippen LogP contribution is 2.27. The number of rotatable bonds is 6. The van der Waals surface area contributed by atoms with Crippen molar-refractivity contribution in [1.29, 1.82) is 0 Å². The van der Waals surface area contributed by atoms with E-state index >= 15 is 0 Å². The van der Waals surface area contributed by atoms with Crippen LogP contribution in [0.5, 0.6) is 5.75 Å². The van der Waals surface area contributed by atoms with Crippen LogP contribution < -0.4 is 20.7 Å². The largest absolute Gasteiger partial charge is 0.488 e. The molecule has 1 heterocycles. The number of nitrogens with one attached hydrogen (secondary N) is 3.